The minimum absolute atomic E-state index is 0.228. The van der Waals surface area contributed by atoms with Crippen molar-refractivity contribution in [1.29, 1.82) is 0 Å². The molecule has 4 heteroatoms. The summed E-state index contributed by atoms with van der Waals surface area (Å²) < 4.78 is 12.8. The SMILES string of the molecule is Fc1ccc(-c2cnc(N3CCCC3)nc2)cc1. The highest BCUT2D eigenvalue weighted by Gasteiger charge is 2.14. The van der Waals surface area contributed by atoms with Crippen LogP contribution in [-0.4, -0.2) is 23.1 Å². The number of benzene rings is 1. The smallest absolute Gasteiger partial charge is 0.225 e. The topological polar surface area (TPSA) is 29.0 Å². The quantitative estimate of drug-likeness (QED) is 0.812. The molecule has 1 saturated heterocycles. The normalized spacial score (nSPS) is 15.1. The number of halogens is 1. The molecule has 3 rings (SSSR count). The molecule has 1 fully saturated rings. The molecule has 0 atom stereocenters. The number of rotatable bonds is 2. The molecule has 0 saturated carbocycles. The maximum atomic E-state index is 12.8. The summed E-state index contributed by atoms with van der Waals surface area (Å²) in [4.78, 5) is 11.0. The Labute approximate surface area is 105 Å². The molecule has 2 heterocycles. The van der Waals surface area contributed by atoms with Gasteiger partial charge in [-0.2, -0.15) is 0 Å². The van der Waals surface area contributed by atoms with Crippen molar-refractivity contribution in [2.75, 3.05) is 18.0 Å². The van der Waals surface area contributed by atoms with Crippen molar-refractivity contribution < 1.29 is 4.39 Å². The molecule has 1 aliphatic heterocycles. The van der Waals surface area contributed by atoms with Gasteiger partial charge in [-0.1, -0.05) is 12.1 Å². The molecule has 0 spiro atoms. The number of nitrogens with zero attached hydrogens (tertiary/aromatic N) is 3. The van der Waals surface area contributed by atoms with Crippen LogP contribution in [0.25, 0.3) is 11.1 Å². The van der Waals surface area contributed by atoms with Gasteiger partial charge in [0.15, 0.2) is 0 Å². The molecule has 1 aliphatic rings. The van der Waals surface area contributed by atoms with Crippen LogP contribution in [0.1, 0.15) is 12.8 Å². The van der Waals surface area contributed by atoms with Crippen LogP contribution < -0.4 is 4.90 Å². The van der Waals surface area contributed by atoms with Gasteiger partial charge in [0.1, 0.15) is 5.82 Å². The van der Waals surface area contributed by atoms with Gasteiger partial charge in [0.25, 0.3) is 0 Å². The highest BCUT2D eigenvalue weighted by atomic mass is 19.1. The molecule has 0 bridgehead atoms. The minimum Gasteiger partial charge on any atom is -0.341 e. The van der Waals surface area contributed by atoms with E-state index >= 15 is 0 Å². The summed E-state index contributed by atoms with van der Waals surface area (Å²) in [5.41, 5.74) is 1.85. The van der Waals surface area contributed by atoms with E-state index in [1.807, 2.05) is 0 Å². The van der Waals surface area contributed by atoms with Crippen molar-refractivity contribution in [2.45, 2.75) is 12.8 Å². The van der Waals surface area contributed by atoms with E-state index in [1.54, 1.807) is 24.5 Å². The van der Waals surface area contributed by atoms with Crippen molar-refractivity contribution in [2.24, 2.45) is 0 Å². The summed E-state index contributed by atoms with van der Waals surface area (Å²) in [6.07, 6.45) is 6.02. The second kappa shape index (κ2) is 4.72. The molecular formula is C14H14FN3. The van der Waals surface area contributed by atoms with E-state index in [9.17, 15) is 4.39 Å². The predicted octanol–water partition coefficient (Wildman–Crippen LogP) is 2.88. The molecule has 0 aliphatic carbocycles. The number of hydrogen-bond donors (Lipinski definition) is 0. The van der Waals surface area contributed by atoms with Gasteiger partial charge in [0, 0.05) is 31.0 Å². The first-order valence-electron chi connectivity index (χ1n) is 6.16. The van der Waals surface area contributed by atoms with Crippen LogP contribution in [0, 0.1) is 5.82 Å². The van der Waals surface area contributed by atoms with E-state index in [1.165, 1.54) is 25.0 Å². The zero-order chi connectivity index (χ0) is 12.4. The van der Waals surface area contributed by atoms with Gasteiger partial charge in [0.2, 0.25) is 5.95 Å². The largest absolute Gasteiger partial charge is 0.341 e. The monoisotopic (exact) mass is 243 g/mol. The lowest BCUT2D eigenvalue weighted by molar-refractivity contribution is 0.628. The average molecular weight is 243 g/mol. The maximum Gasteiger partial charge on any atom is 0.225 e. The van der Waals surface area contributed by atoms with Crippen molar-refractivity contribution in [3.63, 3.8) is 0 Å². The lowest BCUT2D eigenvalue weighted by atomic mass is 10.1. The van der Waals surface area contributed by atoms with Gasteiger partial charge in [-0.05, 0) is 30.5 Å². The summed E-state index contributed by atoms with van der Waals surface area (Å²) in [6, 6.07) is 6.38. The maximum absolute atomic E-state index is 12.8. The lowest BCUT2D eigenvalue weighted by Crippen LogP contribution is -2.20. The van der Waals surface area contributed by atoms with Crippen LogP contribution >= 0.6 is 0 Å². The highest BCUT2D eigenvalue weighted by Crippen LogP contribution is 2.20. The highest BCUT2D eigenvalue weighted by molar-refractivity contribution is 5.61. The zero-order valence-corrected chi connectivity index (χ0v) is 10.0. The molecule has 18 heavy (non-hydrogen) atoms. The first kappa shape index (κ1) is 11.1. The fourth-order valence-corrected chi connectivity index (χ4v) is 2.19. The van der Waals surface area contributed by atoms with E-state index < -0.39 is 0 Å². The number of aromatic nitrogens is 2. The molecule has 0 N–H and O–H groups in total. The van der Waals surface area contributed by atoms with Gasteiger partial charge in [0.05, 0.1) is 0 Å². The summed E-state index contributed by atoms with van der Waals surface area (Å²) in [6.45, 7) is 2.08. The molecule has 1 aromatic heterocycles. The van der Waals surface area contributed by atoms with Gasteiger partial charge in [-0.3, -0.25) is 0 Å². The van der Waals surface area contributed by atoms with Crippen LogP contribution in [0.3, 0.4) is 0 Å². The van der Waals surface area contributed by atoms with E-state index in [0.29, 0.717) is 0 Å². The molecule has 2 aromatic rings. The van der Waals surface area contributed by atoms with Gasteiger partial charge in [-0.15, -0.1) is 0 Å². The van der Waals surface area contributed by atoms with Crippen LogP contribution in [0.4, 0.5) is 10.3 Å². The predicted molar refractivity (Wildman–Crippen MR) is 68.9 cm³/mol. The Kier molecular flexibility index (Phi) is 2.92. The Morgan fingerprint density at radius 2 is 1.50 bits per heavy atom. The first-order valence-corrected chi connectivity index (χ1v) is 6.16. The van der Waals surface area contributed by atoms with E-state index in [4.69, 9.17) is 0 Å². The summed E-state index contributed by atoms with van der Waals surface area (Å²) in [5.74, 6) is 0.562. The van der Waals surface area contributed by atoms with Gasteiger partial charge >= 0.3 is 0 Å². The Morgan fingerprint density at radius 1 is 0.889 bits per heavy atom. The van der Waals surface area contributed by atoms with E-state index in [0.717, 1.165) is 30.2 Å². The Bertz CT molecular complexity index is 516. The molecule has 1 aromatic carbocycles. The molecule has 92 valence electrons. The third kappa shape index (κ3) is 2.18. The fourth-order valence-electron chi connectivity index (χ4n) is 2.19. The number of hydrogen-bond acceptors (Lipinski definition) is 3. The van der Waals surface area contributed by atoms with Crippen LogP contribution in [0.15, 0.2) is 36.7 Å². The summed E-state index contributed by atoms with van der Waals surface area (Å²) >= 11 is 0. The first-order chi connectivity index (χ1) is 8.83. The molecular weight excluding hydrogens is 229 g/mol. The van der Waals surface area contributed by atoms with Gasteiger partial charge in [-0.25, -0.2) is 14.4 Å². The van der Waals surface area contributed by atoms with E-state index in [-0.39, 0.29) is 5.82 Å². The van der Waals surface area contributed by atoms with Crippen molar-refractivity contribution >= 4 is 5.95 Å². The lowest BCUT2D eigenvalue weighted by Gasteiger charge is -2.14. The third-order valence-corrected chi connectivity index (χ3v) is 3.20. The van der Waals surface area contributed by atoms with Gasteiger partial charge < -0.3 is 4.90 Å². The van der Waals surface area contributed by atoms with Crippen LogP contribution in [-0.2, 0) is 0 Å². The minimum atomic E-state index is -0.228. The molecule has 3 nitrogen and oxygen atoms in total. The second-order valence-corrected chi connectivity index (χ2v) is 4.47. The average Bonchev–Trinajstić information content (AvgIpc) is 2.94. The van der Waals surface area contributed by atoms with E-state index in [2.05, 4.69) is 14.9 Å². The van der Waals surface area contributed by atoms with Crippen LogP contribution in [0.5, 0.6) is 0 Å². The third-order valence-electron chi connectivity index (χ3n) is 3.20. The van der Waals surface area contributed by atoms with Crippen molar-refractivity contribution in [3.05, 3.63) is 42.5 Å². The molecule has 0 radical (unpaired) electrons. The standard InChI is InChI=1S/C14H14FN3/c15-13-5-3-11(4-6-13)12-9-16-14(17-10-12)18-7-1-2-8-18/h3-6,9-10H,1-2,7-8H2. The van der Waals surface area contributed by atoms with Crippen molar-refractivity contribution in [3.8, 4) is 11.1 Å². The number of anilines is 1. The Hall–Kier alpha value is -1.97. The summed E-state index contributed by atoms with van der Waals surface area (Å²) in [7, 11) is 0. The molecule has 0 amide bonds. The Balaban J connectivity index is 1.84. The molecule has 0 unspecified atom stereocenters. The van der Waals surface area contributed by atoms with Crippen LogP contribution in [0.2, 0.25) is 0 Å². The second-order valence-electron chi connectivity index (χ2n) is 4.47. The summed E-state index contributed by atoms with van der Waals surface area (Å²) in [5, 5.41) is 0. The fraction of sp³-hybridized carbons (Fsp3) is 0.286. The van der Waals surface area contributed by atoms with Crippen molar-refractivity contribution in [1.82, 2.24) is 9.97 Å². The zero-order valence-electron chi connectivity index (χ0n) is 10.0. The Morgan fingerprint density at radius 3 is 2.11 bits per heavy atom.